The smallest absolute Gasteiger partial charge is 0.189 e. The number of hydrogen-bond donors (Lipinski definition) is 4. The molecule has 2 heterocycles. The maximum absolute atomic E-state index is 13.6. The third-order valence-corrected chi connectivity index (χ3v) is 7.12. The highest BCUT2D eigenvalue weighted by atomic mass is 16.7. The van der Waals surface area contributed by atoms with Crippen molar-refractivity contribution in [3.63, 3.8) is 0 Å². The van der Waals surface area contributed by atoms with Crippen LogP contribution in [0.3, 0.4) is 0 Å². The van der Waals surface area contributed by atoms with Crippen LogP contribution in [0.15, 0.2) is 6.07 Å². The Morgan fingerprint density at radius 2 is 1.88 bits per heavy atom. The van der Waals surface area contributed by atoms with E-state index in [2.05, 4.69) is 0 Å². The van der Waals surface area contributed by atoms with E-state index in [-0.39, 0.29) is 41.2 Å². The van der Waals surface area contributed by atoms with Crippen molar-refractivity contribution in [2.24, 2.45) is 11.8 Å². The van der Waals surface area contributed by atoms with Gasteiger partial charge in [0.05, 0.1) is 35.4 Å². The van der Waals surface area contributed by atoms with Gasteiger partial charge in [-0.05, 0) is 36.3 Å². The second-order valence-electron chi connectivity index (χ2n) is 9.33. The van der Waals surface area contributed by atoms with Crippen LogP contribution in [0.2, 0.25) is 0 Å². The van der Waals surface area contributed by atoms with Crippen LogP contribution in [-0.4, -0.2) is 62.7 Å². The second kappa shape index (κ2) is 9.09. The molecule has 1 aromatic carbocycles. The molecule has 0 amide bonds. The highest BCUT2D eigenvalue weighted by Gasteiger charge is 2.68. The van der Waals surface area contributed by atoms with Crippen LogP contribution < -0.4 is 0 Å². The highest BCUT2D eigenvalue weighted by Crippen LogP contribution is 2.51. The number of aliphatic hydroxyl groups excluding tert-OH is 2. The Morgan fingerprint density at radius 3 is 2.34 bits per heavy atom. The summed E-state index contributed by atoms with van der Waals surface area (Å²) < 4.78 is 11.4. The Kier molecular flexibility index (Phi) is 7.00. The lowest BCUT2D eigenvalue weighted by molar-refractivity contribution is -0.240. The molecule has 2 saturated heterocycles. The van der Waals surface area contributed by atoms with Crippen molar-refractivity contribution in [1.29, 1.82) is 0 Å². The highest BCUT2D eigenvalue weighted by molar-refractivity contribution is 6.04. The van der Waals surface area contributed by atoms with E-state index in [0.29, 0.717) is 24.7 Å². The Labute approximate surface area is 188 Å². The predicted molar refractivity (Wildman–Crippen MR) is 116 cm³/mol. The third-order valence-electron chi connectivity index (χ3n) is 7.12. The molecule has 0 saturated carbocycles. The zero-order chi connectivity index (χ0) is 24.0. The first kappa shape index (κ1) is 24.6. The van der Waals surface area contributed by atoms with Gasteiger partial charge in [0, 0.05) is 6.42 Å². The number of ether oxygens (including phenoxy) is 2. The molecule has 3 rings (SSSR count). The lowest BCUT2D eigenvalue weighted by Gasteiger charge is -2.40. The van der Waals surface area contributed by atoms with Gasteiger partial charge in [0.25, 0.3) is 0 Å². The van der Waals surface area contributed by atoms with E-state index >= 15 is 0 Å². The summed E-state index contributed by atoms with van der Waals surface area (Å²) in [6.07, 6.45) is -1.84. The Bertz CT molecular complexity index is 867. The molecule has 8 nitrogen and oxygen atoms in total. The summed E-state index contributed by atoms with van der Waals surface area (Å²) in [6.45, 7) is 9.27. The quantitative estimate of drug-likeness (QED) is 0.270. The average molecular weight is 451 g/mol. The van der Waals surface area contributed by atoms with E-state index in [0.717, 1.165) is 0 Å². The third kappa shape index (κ3) is 3.83. The molecule has 0 radical (unpaired) electrons. The van der Waals surface area contributed by atoms with Crippen molar-refractivity contribution in [3.8, 4) is 11.5 Å². The second-order valence-corrected chi connectivity index (χ2v) is 9.33. The van der Waals surface area contributed by atoms with Gasteiger partial charge in [-0.2, -0.15) is 0 Å². The summed E-state index contributed by atoms with van der Waals surface area (Å²) in [5, 5.41) is 42.4. The number of aldehydes is 1. The molecule has 4 N–H and O–H groups in total. The summed E-state index contributed by atoms with van der Waals surface area (Å²) in [7, 11) is 0. The standard InChI is InChI=1S/C24H34O8/c1-6-12(5)13-8-14(21(28)15(10-25)20(13)27)22(29)19(11(3)4)16-9-17(26)24(23(30)31-16)18(7-2)32-24/h8,10-12,16-19,23,26-28,30H,6-7,9H2,1-5H3/t12-,16-,17-,18+,19+,23-,24+/m1/s1. The summed E-state index contributed by atoms with van der Waals surface area (Å²) in [4.78, 5) is 25.2. The summed E-state index contributed by atoms with van der Waals surface area (Å²) in [6, 6.07) is 1.43. The van der Waals surface area contributed by atoms with Crippen molar-refractivity contribution in [3.05, 3.63) is 22.8 Å². The van der Waals surface area contributed by atoms with E-state index in [9.17, 15) is 30.0 Å². The Balaban J connectivity index is 1.98. The van der Waals surface area contributed by atoms with Crippen LogP contribution in [0.25, 0.3) is 0 Å². The zero-order valence-electron chi connectivity index (χ0n) is 19.2. The van der Waals surface area contributed by atoms with Gasteiger partial charge in [-0.15, -0.1) is 0 Å². The van der Waals surface area contributed by atoms with E-state index < -0.39 is 41.5 Å². The van der Waals surface area contributed by atoms with Crippen molar-refractivity contribution >= 4 is 12.1 Å². The minimum Gasteiger partial charge on any atom is -0.507 e. The van der Waals surface area contributed by atoms with Crippen LogP contribution >= 0.6 is 0 Å². The SMILES string of the molecule is CC[C@@H](C)c1cc(C(=O)[C@@H](C(C)C)[C@H]2C[C@@H](O)[C@@]3(O[C@H]3CC)[C@H](O)O2)c(O)c(C=O)c1O. The summed E-state index contributed by atoms with van der Waals surface area (Å²) >= 11 is 0. The lowest BCUT2D eigenvalue weighted by atomic mass is 9.77. The number of hydrogen-bond acceptors (Lipinski definition) is 8. The molecule has 32 heavy (non-hydrogen) atoms. The molecule has 1 spiro atoms. The largest absolute Gasteiger partial charge is 0.507 e. The normalized spacial score (nSPS) is 31.5. The number of carbonyl (C=O) groups is 2. The van der Waals surface area contributed by atoms with E-state index in [1.807, 2.05) is 34.6 Å². The number of Topliss-reactive ketones (excluding diaryl/α,β-unsaturated/α-hetero) is 1. The number of phenols is 2. The minimum atomic E-state index is -1.38. The number of aromatic hydroxyl groups is 2. The molecule has 2 fully saturated rings. The van der Waals surface area contributed by atoms with Crippen molar-refractivity contribution in [2.45, 2.75) is 90.0 Å². The summed E-state index contributed by atoms with van der Waals surface area (Å²) in [5.74, 6) is -2.61. The fourth-order valence-electron chi connectivity index (χ4n) is 4.93. The first-order chi connectivity index (χ1) is 15.0. The van der Waals surface area contributed by atoms with Crippen LogP contribution in [0.1, 0.15) is 86.1 Å². The van der Waals surface area contributed by atoms with Crippen LogP contribution in [0, 0.1) is 11.8 Å². The number of rotatable bonds is 8. The molecular weight excluding hydrogens is 416 g/mol. The van der Waals surface area contributed by atoms with Crippen LogP contribution in [0.4, 0.5) is 0 Å². The molecule has 2 aliphatic heterocycles. The van der Waals surface area contributed by atoms with Gasteiger partial charge >= 0.3 is 0 Å². The number of epoxide rings is 1. The zero-order valence-corrected chi connectivity index (χ0v) is 19.2. The van der Waals surface area contributed by atoms with Gasteiger partial charge in [-0.1, -0.05) is 34.6 Å². The molecule has 7 atom stereocenters. The molecule has 0 aromatic heterocycles. The fraction of sp³-hybridized carbons (Fsp3) is 0.667. The molecule has 1 aromatic rings. The average Bonchev–Trinajstić information content (AvgIpc) is 3.48. The number of aliphatic hydroxyl groups is 2. The number of benzene rings is 1. The van der Waals surface area contributed by atoms with Crippen molar-refractivity contribution < 1.29 is 39.5 Å². The van der Waals surface area contributed by atoms with E-state index in [1.54, 1.807) is 0 Å². The van der Waals surface area contributed by atoms with Gasteiger partial charge in [0.2, 0.25) is 0 Å². The molecule has 0 unspecified atom stereocenters. The maximum atomic E-state index is 13.6. The van der Waals surface area contributed by atoms with Crippen molar-refractivity contribution in [1.82, 2.24) is 0 Å². The summed E-state index contributed by atoms with van der Waals surface area (Å²) in [5.41, 5.74) is -1.17. The minimum absolute atomic E-state index is 0.0825. The first-order valence-corrected chi connectivity index (χ1v) is 11.3. The van der Waals surface area contributed by atoms with Gasteiger partial charge < -0.3 is 29.9 Å². The Hall–Kier alpha value is -2.00. The predicted octanol–water partition coefficient (Wildman–Crippen LogP) is 2.89. The molecule has 0 bridgehead atoms. The topological polar surface area (TPSA) is 137 Å². The lowest BCUT2D eigenvalue weighted by Crippen LogP contribution is -2.55. The van der Waals surface area contributed by atoms with E-state index in [4.69, 9.17) is 9.47 Å². The number of phenolic OH excluding ortho intramolecular Hbond substituents is 2. The molecule has 178 valence electrons. The number of carbonyl (C=O) groups excluding carboxylic acids is 2. The monoisotopic (exact) mass is 450 g/mol. The van der Waals surface area contributed by atoms with Crippen LogP contribution in [0.5, 0.6) is 11.5 Å². The maximum Gasteiger partial charge on any atom is 0.189 e. The van der Waals surface area contributed by atoms with Gasteiger partial charge in [0.15, 0.2) is 24.0 Å². The van der Waals surface area contributed by atoms with Gasteiger partial charge in [-0.3, -0.25) is 9.59 Å². The van der Waals surface area contributed by atoms with Gasteiger partial charge in [0.1, 0.15) is 11.5 Å². The Morgan fingerprint density at radius 1 is 1.22 bits per heavy atom. The van der Waals surface area contributed by atoms with Crippen LogP contribution in [-0.2, 0) is 9.47 Å². The van der Waals surface area contributed by atoms with Gasteiger partial charge in [-0.25, -0.2) is 0 Å². The fourth-order valence-corrected chi connectivity index (χ4v) is 4.93. The number of ketones is 1. The first-order valence-electron chi connectivity index (χ1n) is 11.3. The van der Waals surface area contributed by atoms with Crippen molar-refractivity contribution in [2.75, 3.05) is 0 Å². The van der Waals surface area contributed by atoms with E-state index in [1.165, 1.54) is 6.07 Å². The molecule has 2 aliphatic rings. The molecular formula is C24H34O8. The molecule has 0 aliphatic carbocycles. The molecule has 8 heteroatoms.